The summed E-state index contributed by atoms with van der Waals surface area (Å²) in [5, 5.41) is 32.6. The van der Waals surface area contributed by atoms with Crippen LogP contribution in [0, 0.1) is 0 Å². The lowest BCUT2D eigenvalue weighted by atomic mass is 9.97. The maximum Gasteiger partial charge on any atom is 0.175 e. The number of methoxy groups -OCH3 is 1. The fourth-order valence-corrected chi connectivity index (χ4v) is 3.40. The third kappa shape index (κ3) is 5.83. The first-order valence-corrected chi connectivity index (χ1v) is 9.17. The van der Waals surface area contributed by atoms with Gasteiger partial charge in [-0.3, -0.25) is 0 Å². The van der Waals surface area contributed by atoms with E-state index in [0.29, 0.717) is 19.8 Å². The van der Waals surface area contributed by atoms with E-state index in [1.54, 1.807) is 0 Å². The summed E-state index contributed by atoms with van der Waals surface area (Å²) in [6.07, 6.45) is 1.29. The van der Waals surface area contributed by atoms with Gasteiger partial charge >= 0.3 is 0 Å². The van der Waals surface area contributed by atoms with Crippen molar-refractivity contribution in [2.75, 3.05) is 33.5 Å². The molecular formula is C17H33NO7. The van der Waals surface area contributed by atoms with Crippen LogP contribution < -0.4 is 5.32 Å². The minimum atomic E-state index is -1.14. The van der Waals surface area contributed by atoms with Crippen LogP contribution in [0.15, 0.2) is 0 Å². The lowest BCUT2D eigenvalue weighted by Gasteiger charge is -2.42. The zero-order valence-electron chi connectivity index (χ0n) is 15.2. The largest absolute Gasteiger partial charge is 0.394 e. The lowest BCUT2D eigenvalue weighted by Crippen LogP contribution is -2.63. The van der Waals surface area contributed by atoms with Crippen molar-refractivity contribution < 1.29 is 34.3 Å². The fourth-order valence-electron chi connectivity index (χ4n) is 3.40. The van der Waals surface area contributed by atoms with Crippen molar-refractivity contribution in [3.63, 3.8) is 0 Å². The van der Waals surface area contributed by atoms with Gasteiger partial charge in [-0.2, -0.15) is 0 Å². The smallest absolute Gasteiger partial charge is 0.175 e. The molecule has 2 aliphatic rings. The number of hydrogen-bond donors (Lipinski definition) is 4. The molecule has 0 aromatic heterocycles. The predicted octanol–water partition coefficient (Wildman–Crippen LogP) is -0.256. The molecule has 8 heteroatoms. The van der Waals surface area contributed by atoms with E-state index in [1.807, 2.05) is 6.92 Å². The van der Waals surface area contributed by atoms with E-state index in [9.17, 15) is 15.3 Å². The highest BCUT2D eigenvalue weighted by Gasteiger charge is 2.44. The van der Waals surface area contributed by atoms with Gasteiger partial charge in [0.15, 0.2) is 12.1 Å². The summed E-state index contributed by atoms with van der Waals surface area (Å²) in [4.78, 5) is 0. The average Bonchev–Trinajstić information content (AvgIpc) is 3.04. The second kappa shape index (κ2) is 10.1. The molecule has 2 aliphatic heterocycles. The second-order valence-corrected chi connectivity index (χ2v) is 6.92. The molecule has 0 spiro atoms. The predicted molar refractivity (Wildman–Crippen MR) is 90.0 cm³/mol. The molecule has 0 saturated carbocycles. The molecule has 2 rings (SSSR count). The van der Waals surface area contributed by atoms with Gasteiger partial charge in [-0.1, -0.05) is 12.8 Å². The maximum absolute atomic E-state index is 10.2. The van der Waals surface area contributed by atoms with Crippen LogP contribution in [-0.2, 0) is 18.9 Å². The topological polar surface area (TPSA) is 110 Å². The Morgan fingerprint density at radius 1 is 1.08 bits per heavy atom. The van der Waals surface area contributed by atoms with Crippen LogP contribution in [0.4, 0.5) is 0 Å². The number of aliphatic hydroxyl groups is 3. The minimum Gasteiger partial charge on any atom is -0.394 e. The number of unbranched alkanes of at least 4 members (excludes halogenated alkanes) is 3. The molecule has 2 heterocycles. The number of hydrogen-bond acceptors (Lipinski definition) is 8. The summed E-state index contributed by atoms with van der Waals surface area (Å²) in [5.74, 6) is -0.410. The molecular weight excluding hydrogens is 330 g/mol. The van der Waals surface area contributed by atoms with Crippen molar-refractivity contribution in [2.45, 2.75) is 75.5 Å². The van der Waals surface area contributed by atoms with Gasteiger partial charge in [0.05, 0.1) is 25.9 Å². The van der Waals surface area contributed by atoms with E-state index >= 15 is 0 Å². The Labute approximate surface area is 149 Å². The minimum absolute atomic E-state index is 0.364. The maximum atomic E-state index is 10.2. The average molecular weight is 363 g/mol. The normalized spacial score (nSPS) is 35.2. The van der Waals surface area contributed by atoms with Gasteiger partial charge < -0.3 is 39.6 Å². The molecule has 2 fully saturated rings. The van der Waals surface area contributed by atoms with E-state index in [0.717, 1.165) is 32.1 Å². The van der Waals surface area contributed by atoms with E-state index in [-0.39, 0.29) is 6.61 Å². The van der Waals surface area contributed by atoms with E-state index < -0.39 is 36.4 Å². The Hall–Kier alpha value is -0.320. The third-order valence-corrected chi connectivity index (χ3v) is 4.95. The standard InChI is InChI=1S/C17H33NO7/c1-17(23-9-10-24-17)7-5-3-4-6-8-18-13-15(21)14(20)12(11-19)25-16(13)22-2/h12-16,18-21H,3-11H2,1-2H3/t12-,13+,14-,15-,16+/m1/s1. The van der Waals surface area contributed by atoms with Crippen molar-refractivity contribution in [1.82, 2.24) is 5.32 Å². The van der Waals surface area contributed by atoms with Crippen LogP contribution in [0.1, 0.15) is 39.0 Å². The van der Waals surface area contributed by atoms with Gasteiger partial charge in [0.1, 0.15) is 18.3 Å². The van der Waals surface area contributed by atoms with Gasteiger partial charge in [-0.25, -0.2) is 0 Å². The molecule has 0 radical (unpaired) electrons. The number of rotatable bonds is 10. The highest BCUT2D eigenvalue weighted by Crippen LogP contribution is 2.25. The molecule has 4 N–H and O–H groups in total. The molecule has 148 valence electrons. The lowest BCUT2D eigenvalue weighted by molar-refractivity contribution is -0.263. The van der Waals surface area contributed by atoms with Crippen molar-refractivity contribution in [1.29, 1.82) is 0 Å². The molecule has 0 aromatic carbocycles. The van der Waals surface area contributed by atoms with Crippen LogP contribution in [0.5, 0.6) is 0 Å². The van der Waals surface area contributed by atoms with Gasteiger partial charge in [0.2, 0.25) is 0 Å². The molecule has 8 nitrogen and oxygen atoms in total. The molecule has 0 unspecified atom stereocenters. The zero-order valence-corrected chi connectivity index (χ0v) is 15.2. The first kappa shape index (κ1) is 21.0. The summed E-state index contributed by atoms with van der Waals surface area (Å²) >= 11 is 0. The Kier molecular flexibility index (Phi) is 8.50. The summed E-state index contributed by atoms with van der Waals surface area (Å²) in [6.45, 7) is 3.66. The zero-order chi connectivity index (χ0) is 18.3. The molecule has 2 saturated heterocycles. The van der Waals surface area contributed by atoms with Gasteiger partial charge in [0.25, 0.3) is 0 Å². The van der Waals surface area contributed by atoms with Crippen LogP contribution in [0.25, 0.3) is 0 Å². The van der Waals surface area contributed by atoms with Gasteiger partial charge in [-0.05, 0) is 26.3 Å². The molecule has 0 aromatic rings. The molecule has 0 bridgehead atoms. The van der Waals surface area contributed by atoms with Crippen molar-refractivity contribution in [3.05, 3.63) is 0 Å². The number of nitrogens with one attached hydrogen (secondary N) is 1. The van der Waals surface area contributed by atoms with E-state index in [1.165, 1.54) is 7.11 Å². The van der Waals surface area contributed by atoms with Gasteiger partial charge in [-0.15, -0.1) is 0 Å². The van der Waals surface area contributed by atoms with Crippen molar-refractivity contribution in [2.24, 2.45) is 0 Å². The summed E-state index contributed by atoms with van der Waals surface area (Å²) in [6, 6.07) is -0.526. The highest BCUT2D eigenvalue weighted by atomic mass is 16.7. The Bertz CT molecular complexity index is 376. The SMILES string of the molecule is CO[C@H]1O[C@H](CO)[C@@H](O)[C@H](O)[C@@H]1NCCCCCCC1(C)OCCO1. The number of ether oxygens (including phenoxy) is 4. The Balaban J connectivity index is 1.61. The van der Waals surface area contributed by atoms with Crippen LogP contribution in [0.2, 0.25) is 0 Å². The molecule has 0 amide bonds. The van der Waals surface area contributed by atoms with Crippen molar-refractivity contribution in [3.8, 4) is 0 Å². The molecule has 0 aliphatic carbocycles. The molecule has 5 atom stereocenters. The van der Waals surface area contributed by atoms with Crippen LogP contribution >= 0.6 is 0 Å². The highest BCUT2D eigenvalue weighted by molar-refractivity contribution is 4.93. The van der Waals surface area contributed by atoms with Crippen LogP contribution in [0.3, 0.4) is 0 Å². The molecule has 25 heavy (non-hydrogen) atoms. The second-order valence-electron chi connectivity index (χ2n) is 6.92. The Morgan fingerprint density at radius 2 is 1.76 bits per heavy atom. The Morgan fingerprint density at radius 3 is 2.40 bits per heavy atom. The summed E-state index contributed by atoms with van der Waals surface area (Å²) < 4.78 is 21.9. The van der Waals surface area contributed by atoms with Crippen molar-refractivity contribution >= 4 is 0 Å². The first-order chi connectivity index (χ1) is 12.0. The monoisotopic (exact) mass is 363 g/mol. The van der Waals surface area contributed by atoms with Gasteiger partial charge in [0, 0.05) is 13.5 Å². The fraction of sp³-hybridized carbons (Fsp3) is 1.00. The summed E-state index contributed by atoms with van der Waals surface area (Å²) in [5.41, 5.74) is 0. The summed E-state index contributed by atoms with van der Waals surface area (Å²) in [7, 11) is 1.48. The quantitative estimate of drug-likeness (QED) is 0.393. The number of aliphatic hydroxyl groups excluding tert-OH is 3. The van der Waals surface area contributed by atoms with Crippen LogP contribution in [-0.4, -0.2) is 85.2 Å². The third-order valence-electron chi connectivity index (χ3n) is 4.95. The first-order valence-electron chi connectivity index (χ1n) is 9.17. The van der Waals surface area contributed by atoms with E-state index in [2.05, 4.69) is 5.32 Å². The van der Waals surface area contributed by atoms with E-state index in [4.69, 9.17) is 18.9 Å².